The van der Waals surface area contributed by atoms with Gasteiger partial charge in [0.25, 0.3) is 0 Å². The third-order valence-electron chi connectivity index (χ3n) is 4.27. The van der Waals surface area contributed by atoms with E-state index in [0.717, 1.165) is 38.9 Å². The number of amides is 1. The number of likely N-dealkylation sites (N-methyl/N-ethyl adjacent to an activating group) is 1. The van der Waals surface area contributed by atoms with Crippen LogP contribution in [0.25, 0.3) is 0 Å². The van der Waals surface area contributed by atoms with E-state index in [9.17, 15) is 4.79 Å². The molecule has 1 aromatic heterocycles. The fourth-order valence-corrected chi connectivity index (χ4v) is 3.71. The Morgan fingerprint density at radius 2 is 2.14 bits per heavy atom. The minimum Gasteiger partial charge on any atom is -0.377 e. The zero-order valence-corrected chi connectivity index (χ0v) is 14.1. The van der Waals surface area contributed by atoms with Gasteiger partial charge < -0.3 is 14.5 Å². The van der Waals surface area contributed by atoms with Crippen LogP contribution >= 0.6 is 11.3 Å². The molecule has 1 amide bonds. The molecule has 0 atom stereocenters. The molecule has 0 aliphatic carbocycles. The molecule has 0 radical (unpaired) electrons. The first-order chi connectivity index (χ1) is 10.0. The molecule has 2 rings (SSSR count). The Morgan fingerprint density at radius 3 is 2.67 bits per heavy atom. The van der Waals surface area contributed by atoms with E-state index in [0.29, 0.717) is 6.42 Å². The van der Waals surface area contributed by atoms with Crippen molar-refractivity contribution >= 4 is 17.2 Å². The Morgan fingerprint density at radius 1 is 1.43 bits per heavy atom. The van der Waals surface area contributed by atoms with Gasteiger partial charge in [0, 0.05) is 33.2 Å². The summed E-state index contributed by atoms with van der Waals surface area (Å²) in [5, 5.41) is 4.19. The van der Waals surface area contributed by atoms with Crippen LogP contribution in [0.5, 0.6) is 0 Å². The van der Waals surface area contributed by atoms with Crippen LogP contribution in [0.2, 0.25) is 0 Å². The first kappa shape index (κ1) is 16.5. The summed E-state index contributed by atoms with van der Waals surface area (Å²) in [4.78, 5) is 16.5. The molecular formula is C16H26N2O2S. The highest BCUT2D eigenvalue weighted by Crippen LogP contribution is 2.27. The van der Waals surface area contributed by atoms with Gasteiger partial charge in [-0.15, -0.1) is 0 Å². The van der Waals surface area contributed by atoms with E-state index in [1.807, 2.05) is 4.90 Å². The van der Waals surface area contributed by atoms with Crippen LogP contribution in [0.15, 0.2) is 16.8 Å². The van der Waals surface area contributed by atoms with E-state index < -0.39 is 0 Å². The summed E-state index contributed by atoms with van der Waals surface area (Å²) >= 11 is 1.69. The van der Waals surface area contributed by atoms with Crippen molar-refractivity contribution in [2.24, 2.45) is 0 Å². The van der Waals surface area contributed by atoms with E-state index >= 15 is 0 Å². The molecule has 5 heteroatoms. The lowest BCUT2D eigenvalue weighted by molar-refractivity contribution is -0.137. The number of aryl methyl sites for hydroxylation is 1. The molecular weight excluding hydrogens is 284 g/mol. The van der Waals surface area contributed by atoms with Crippen LogP contribution in [0.4, 0.5) is 0 Å². The van der Waals surface area contributed by atoms with Crippen LogP contribution in [-0.4, -0.2) is 62.1 Å². The second kappa shape index (κ2) is 7.38. The topological polar surface area (TPSA) is 32.8 Å². The smallest absolute Gasteiger partial charge is 0.222 e. The Hall–Kier alpha value is -0.910. The predicted molar refractivity (Wildman–Crippen MR) is 86.7 cm³/mol. The highest BCUT2D eigenvalue weighted by atomic mass is 32.1. The van der Waals surface area contributed by atoms with Gasteiger partial charge in [0.15, 0.2) is 0 Å². The first-order valence-corrected chi connectivity index (χ1v) is 8.48. The number of ether oxygens (including phenoxy) is 1. The molecule has 4 nitrogen and oxygen atoms in total. The number of piperidine rings is 1. The second-order valence-electron chi connectivity index (χ2n) is 6.14. The van der Waals surface area contributed by atoms with Gasteiger partial charge in [-0.25, -0.2) is 0 Å². The fourth-order valence-electron chi connectivity index (χ4n) is 3.01. The molecule has 1 fully saturated rings. The Labute approximate surface area is 131 Å². The monoisotopic (exact) mass is 310 g/mol. The number of carbonyl (C=O) groups is 1. The lowest BCUT2D eigenvalue weighted by atomic mass is 9.90. The van der Waals surface area contributed by atoms with E-state index in [4.69, 9.17) is 4.74 Å². The van der Waals surface area contributed by atoms with E-state index in [1.54, 1.807) is 18.4 Å². The van der Waals surface area contributed by atoms with Gasteiger partial charge in [-0.1, -0.05) is 0 Å². The summed E-state index contributed by atoms with van der Waals surface area (Å²) < 4.78 is 5.76. The molecule has 1 aromatic rings. The zero-order chi connectivity index (χ0) is 15.3. The van der Waals surface area contributed by atoms with Crippen molar-refractivity contribution in [2.45, 2.75) is 31.3 Å². The minimum atomic E-state index is -0.0896. The maximum atomic E-state index is 12.3. The molecule has 1 aliphatic heterocycles. The minimum absolute atomic E-state index is 0.0896. The van der Waals surface area contributed by atoms with E-state index in [-0.39, 0.29) is 11.5 Å². The van der Waals surface area contributed by atoms with Gasteiger partial charge in [0.1, 0.15) is 0 Å². The molecule has 0 unspecified atom stereocenters. The maximum absolute atomic E-state index is 12.3. The van der Waals surface area contributed by atoms with Gasteiger partial charge in [-0.2, -0.15) is 11.3 Å². The second-order valence-corrected chi connectivity index (χ2v) is 6.92. The Balaban J connectivity index is 1.81. The van der Waals surface area contributed by atoms with Crippen LogP contribution < -0.4 is 0 Å². The third kappa shape index (κ3) is 4.53. The summed E-state index contributed by atoms with van der Waals surface area (Å²) in [5.41, 5.74) is 1.18. The van der Waals surface area contributed by atoms with Crippen molar-refractivity contribution in [3.8, 4) is 0 Å². The normalized spacial score (nSPS) is 18.2. The lowest BCUT2D eigenvalue weighted by Crippen LogP contribution is -2.52. The predicted octanol–water partition coefficient (Wildman–Crippen LogP) is 2.25. The van der Waals surface area contributed by atoms with Gasteiger partial charge >= 0.3 is 0 Å². The average molecular weight is 310 g/mol. The summed E-state index contributed by atoms with van der Waals surface area (Å²) in [5.74, 6) is 0.274. The maximum Gasteiger partial charge on any atom is 0.222 e. The van der Waals surface area contributed by atoms with Crippen LogP contribution in [0.3, 0.4) is 0 Å². The summed E-state index contributed by atoms with van der Waals surface area (Å²) in [6.07, 6.45) is 3.31. The third-order valence-corrected chi connectivity index (χ3v) is 5.00. The summed E-state index contributed by atoms with van der Waals surface area (Å²) in [7, 11) is 5.93. The molecule has 118 valence electrons. The number of thiophene rings is 1. The molecule has 0 aromatic carbocycles. The first-order valence-electron chi connectivity index (χ1n) is 7.53. The highest BCUT2D eigenvalue weighted by molar-refractivity contribution is 7.07. The van der Waals surface area contributed by atoms with Gasteiger partial charge in [0.05, 0.1) is 5.60 Å². The quantitative estimate of drug-likeness (QED) is 0.808. The number of hydrogen-bond donors (Lipinski definition) is 0. The molecule has 21 heavy (non-hydrogen) atoms. The van der Waals surface area contributed by atoms with Crippen LogP contribution in [-0.2, 0) is 16.0 Å². The SMILES string of the molecule is COC1(CN(C)C)CCN(C(=O)CCc2ccsc2)CC1. The van der Waals surface area contributed by atoms with Crippen LogP contribution in [0.1, 0.15) is 24.8 Å². The van der Waals surface area contributed by atoms with Crippen molar-refractivity contribution in [3.05, 3.63) is 22.4 Å². The van der Waals surface area contributed by atoms with Crippen molar-refractivity contribution in [3.63, 3.8) is 0 Å². The molecule has 2 heterocycles. The molecule has 0 N–H and O–H groups in total. The van der Waals surface area contributed by atoms with Crippen molar-refractivity contribution < 1.29 is 9.53 Å². The molecule has 1 saturated heterocycles. The fraction of sp³-hybridized carbons (Fsp3) is 0.688. The van der Waals surface area contributed by atoms with Gasteiger partial charge in [-0.3, -0.25) is 4.79 Å². The van der Waals surface area contributed by atoms with E-state index in [2.05, 4.69) is 35.8 Å². The average Bonchev–Trinajstić information content (AvgIpc) is 2.98. The van der Waals surface area contributed by atoms with E-state index in [1.165, 1.54) is 5.56 Å². The molecule has 0 bridgehead atoms. The van der Waals surface area contributed by atoms with Crippen molar-refractivity contribution in [1.29, 1.82) is 0 Å². The van der Waals surface area contributed by atoms with Gasteiger partial charge in [-0.05, 0) is 55.7 Å². The van der Waals surface area contributed by atoms with Crippen LogP contribution in [0, 0.1) is 0 Å². The zero-order valence-electron chi connectivity index (χ0n) is 13.3. The highest BCUT2D eigenvalue weighted by Gasteiger charge is 2.36. The number of likely N-dealkylation sites (tertiary alicyclic amines) is 1. The van der Waals surface area contributed by atoms with Crippen molar-refractivity contribution in [2.75, 3.05) is 40.8 Å². The number of nitrogens with zero attached hydrogens (tertiary/aromatic N) is 2. The lowest BCUT2D eigenvalue weighted by Gasteiger charge is -2.42. The summed E-state index contributed by atoms with van der Waals surface area (Å²) in [6, 6.07) is 2.10. The number of carbonyl (C=O) groups excluding carboxylic acids is 1. The number of methoxy groups -OCH3 is 1. The van der Waals surface area contributed by atoms with Crippen molar-refractivity contribution in [1.82, 2.24) is 9.80 Å². The number of hydrogen-bond acceptors (Lipinski definition) is 4. The standard InChI is InChI=1S/C16H26N2O2S/c1-17(2)13-16(20-3)7-9-18(10-8-16)15(19)5-4-14-6-11-21-12-14/h6,11-12H,4-5,7-10,13H2,1-3H3. The molecule has 0 saturated carbocycles. The molecule has 1 aliphatic rings. The Kier molecular flexibility index (Phi) is 5.79. The van der Waals surface area contributed by atoms with Gasteiger partial charge in [0.2, 0.25) is 5.91 Å². The summed E-state index contributed by atoms with van der Waals surface area (Å²) in [6.45, 7) is 2.54. The Bertz CT molecular complexity index is 437. The number of rotatable bonds is 6. The molecule has 0 spiro atoms. The largest absolute Gasteiger partial charge is 0.377 e.